The molecule has 0 radical (unpaired) electrons. The van der Waals surface area contributed by atoms with E-state index in [1.165, 1.54) is 0 Å². The van der Waals surface area contributed by atoms with Gasteiger partial charge in [-0.25, -0.2) is 13.2 Å². The minimum absolute atomic E-state index is 0.0353. The van der Waals surface area contributed by atoms with Gasteiger partial charge in [0.25, 0.3) is 0 Å². The first kappa shape index (κ1) is 14.8. The van der Waals surface area contributed by atoms with Gasteiger partial charge in [0.05, 0.1) is 0 Å². The Morgan fingerprint density at radius 2 is 1.85 bits per heavy atom. The number of carbonyl (C=O) groups is 1. The molecule has 1 saturated carbocycles. The molecule has 1 aromatic rings. The molecular formula is C14H17F3N2O. The van der Waals surface area contributed by atoms with Crippen LogP contribution >= 0.6 is 0 Å². The van der Waals surface area contributed by atoms with E-state index in [0.29, 0.717) is 31.0 Å². The van der Waals surface area contributed by atoms with Crippen molar-refractivity contribution in [2.75, 3.05) is 6.54 Å². The van der Waals surface area contributed by atoms with Crippen molar-refractivity contribution in [2.24, 2.45) is 0 Å². The number of nitrogens with one attached hydrogen (secondary N) is 2. The maximum Gasteiger partial charge on any atom is 0.220 e. The zero-order chi connectivity index (χ0) is 14.5. The molecule has 1 amide bonds. The summed E-state index contributed by atoms with van der Waals surface area (Å²) in [5.41, 5.74) is 0.337. The van der Waals surface area contributed by atoms with E-state index in [4.69, 9.17) is 0 Å². The van der Waals surface area contributed by atoms with Gasteiger partial charge in [-0.15, -0.1) is 0 Å². The van der Waals surface area contributed by atoms with Crippen molar-refractivity contribution in [2.45, 2.75) is 38.3 Å². The Hall–Kier alpha value is -1.56. The van der Waals surface area contributed by atoms with E-state index in [1.54, 1.807) is 0 Å². The standard InChI is InChI=1S/C14H17F3N2O/c15-11-6-9(7-12(16)14(11)17)8-18-5-1-2-13(20)19-10-3-4-10/h6-7,10,18H,1-5,8H2,(H,19,20). The first-order valence-electron chi connectivity index (χ1n) is 6.70. The highest BCUT2D eigenvalue weighted by Crippen LogP contribution is 2.18. The maximum atomic E-state index is 13.0. The van der Waals surface area contributed by atoms with Crippen molar-refractivity contribution in [3.8, 4) is 0 Å². The molecule has 0 bridgehead atoms. The molecule has 1 aliphatic carbocycles. The van der Waals surface area contributed by atoms with Gasteiger partial charge in [0.1, 0.15) is 0 Å². The minimum atomic E-state index is -1.45. The Kier molecular flexibility index (Phi) is 5.00. The van der Waals surface area contributed by atoms with E-state index in [-0.39, 0.29) is 12.5 Å². The van der Waals surface area contributed by atoms with Gasteiger partial charge in [-0.3, -0.25) is 4.79 Å². The Bertz CT molecular complexity index is 466. The van der Waals surface area contributed by atoms with Crippen molar-refractivity contribution in [3.63, 3.8) is 0 Å². The lowest BCUT2D eigenvalue weighted by Crippen LogP contribution is -2.26. The molecule has 2 N–H and O–H groups in total. The normalized spacial score (nSPS) is 14.3. The molecule has 0 spiro atoms. The first-order valence-corrected chi connectivity index (χ1v) is 6.70. The van der Waals surface area contributed by atoms with Crippen molar-refractivity contribution in [1.29, 1.82) is 0 Å². The van der Waals surface area contributed by atoms with E-state index in [2.05, 4.69) is 10.6 Å². The molecule has 0 atom stereocenters. The summed E-state index contributed by atoms with van der Waals surface area (Å²) in [5, 5.41) is 5.84. The number of rotatable bonds is 7. The van der Waals surface area contributed by atoms with Crippen LogP contribution in [0.3, 0.4) is 0 Å². The predicted octanol–water partition coefficient (Wildman–Crippen LogP) is 2.25. The predicted molar refractivity (Wildman–Crippen MR) is 68.4 cm³/mol. The van der Waals surface area contributed by atoms with Gasteiger partial charge in [-0.05, 0) is 43.5 Å². The number of amides is 1. The Labute approximate surface area is 115 Å². The largest absolute Gasteiger partial charge is 0.353 e. The number of hydrogen-bond acceptors (Lipinski definition) is 2. The maximum absolute atomic E-state index is 13.0. The number of carbonyl (C=O) groups excluding carboxylic acids is 1. The van der Waals surface area contributed by atoms with Crippen LogP contribution in [-0.2, 0) is 11.3 Å². The summed E-state index contributed by atoms with van der Waals surface area (Å²) in [4.78, 5) is 11.4. The molecule has 110 valence electrons. The highest BCUT2D eigenvalue weighted by molar-refractivity contribution is 5.76. The van der Waals surface area contributed by atoms with E-state index in [9.17, 15) is 18.0 Å². The second-order valence-corrected chi connectivity index (χ2v) is 5.00. The summed E-state index contributed by atoms with van der Waals surface area (Å²) in [6.45, 7) is 0.789. The van der Waals surface area contributed by atoms with E-state index >= 15 is 0 Å². The molecule has 3 nitrogen and oxygen atoms in total. The molecule has 0 saturated heterocycles. The van der Waals surface area contributed by atoms with Gasteiger partial charge in [0, 0.05) is 19.0 Å². The zero-order valence-corrected chi connectivity index (χ0v) is 11.0. The average molecular weight is 286 g/mol. The Morgan fingerprint density at radius 3 is 2.45 bits per heavy atom. The zero-order valence-electron chi connectivity index (χ0n) is 11.0. The van der Waals surface area contributed by atoms with Crippen molar-refractivity contribution < 1.29 is 18.0 Å². The number of hydrogen-bond donors (Lipinski definition) is 2. The fourth-order valence-electron chi connectivity index (χ4n) is 1.84. The van der Waals surface area contributed by atoms with Crippen LogP contribution in [0.2, 0.25) is 0 Å². The summed E-state index contributed by atoms with van der Waals surface area (Å²) >= 11 is 0. The molecule has 0 aliphatic heterocycles. The van der Waals surface area contributed by atoms with Gasteiger partial charge in [0.15, 0.2) is 17.5 Å². The van der Waals surface area contributed by atoms with E-state index < -0.39 is 17.5 Å². The summed E-state index contributed by atoms with van der Waals surface area (Å²) in [7, 11) is 0. The molecule has 6 heteroatoms. The molecule has 20 heavy (non-hydrogen) atoms. The number of benzene rings is 1. The van der Waals surface area contributed by atoms with Gasteiger partial charge in [0.2, 0.25) is 5.91 Å². The molecular weight excluding hydrogens is 269 g/mol. The third-order valence-corrected chi connectivity index (χ3v) is 3.07. The van der Waals surface area contributed by atoms with Crippen molar-refractivity contribution in [1.82, 2.24) is 10.6 Å². The third-order valence-electron chi connectivity index (χ3n) is 3.07. The van der Waals surface area contributed by atoms with Crippen LogP contribution in [0.25, 0.3) is 0 Å². The fraction of sp³-hybridized carbons (Fsp3) is 0.500. The van der Waals surface area contributed by atoms with Gasteiger partial charge in [-0.1, -0.05) is 0 Å². The lowest BCUT2D eigenvalue weighted by Gasteiger charge is -2.06. The van der Waals surface area contributed by atoms with Crippen molar-refractivity contribution >= 4 is 5.91 Å². The van der Waals surface area contributed by atoms with E-state index in [0.717, 1.165) is 25.0 Å². The lowest BCUT2D eigenvalue weighted by molar-refractivity contribution is -0.121. The summed E-state index contributed by atoms with van der Waals surface area (Å²) in [6.07, 6.45) is 3.19. The SMILES string of the molecule is O=C(CCCNCc1cc(F)c(F)c(F)c1)NC1CC1. The second-order valence-electron chi connectivity index (χ2n) is 5.00. The average Bonchev–Trinajstić information content (AvgIpc) is 3.19. The number of halogens is 3. The monoisotopic (exact) mass is 286 g/mol. The molecule has 2 rings (SSSR count). The lowest BCUT2D eigenvalue weighted by atomic mass is 10.2. The van der Waals surface area contributed by atoms with Crippen LogP contribution < -0.4 is 10.6 Å². The smallest absolute Gasteiger partial charge is 0.220 e. The van der Waals surface area contributed by atoms with Crippen LogP contribution in [0.15, 0.2) is 12.1 Å². The topological polar surface area (TPSA) is 41.1 Å². The second kappa shape index (κ2) is 6.74. The third kappa shape index (κ3) is 4.52. The van der Waals surface area contributed by atoms with E-state index in [1.807, 2.05) is 0 Å². The molecule has 1 aromatic carbocycles. The molecule has 1 aliphatic rings. The minimum Gasteiger partial charge on any atom is -0.353 e. The van der Waals surface area contributed by atoms with Crippen LogP contribution in [0, 0.1) is 17.5 Å². The summed E-state index contributed by atoms with van der Waals surface area (Å²) in [6, 6.07) is 2.29. The molecule has 1 fully saturated rings. The van der Waals surface area contributed by atoms with Crippen LogP contribution in [0.5, 0.6) is 0 Å². The highest BCUT2D eigenvalue weighted by Gasteiger charge is 2.22. The quantitative estimate of drug-likeness (QED) is 0.596. The highest BCUT2D eigenvalue weighted by atomic mass is 19.2. The van der Waals surface area contributed by atoms with Gasteiger partial charge in [-0.2, -0.15) is 0 Å². The van der Waals surface area contributed by atoms with Crippen LogP contribution in [0.1, 0.15) is 31.2 Å². The first-order chi connectivity index (χ1) is 9.56. The molecule has 0 heterocycles. The Balaban J connectivity index is 1.64. The summed E-state index contributed by atoms with van der Waals surface area (Å²) in [5.74, 6) is -3.80. The van der Waals surface area contributed by atoms with Gasteiger partial charge < -0.3 is 10.6 Å². The molecule has 0 unspecified atom stereocenters. The van der Waals surface area contributed by atoms with Crippen LogP contribution in [0.4, 0.5) is 13.2 Å². The fourth-order valence-corrected chi connectivity index (χ4v) is 1.84. The Morgan fingerprint density at radius 1 is 1.20 bits per heavy atom. The van der Waals surface area contributed by atoms with Crippen molar-refractivity contribution in [3.05, 3.63) is 35.1 Å². The van der Waals surface area contributed by atoms with Gasteiger partial charge >= 0.3 is 0 Å². The summed E-state index contributed by atoms with van der Waals surface area (Å²) < 4.78 is 38.6. The van der Waals surface area contributed by atoms with Crippen LogP contribution in [-0.4, -0.2) is 18.5 Å². The molecule has 0 aromatic heterocycles.